The summed E-state index contributed by atoms with van der Waals surface area (Å²) in [5.74, 6) is -1.38. The number of benzene rings is 2. The predicted octanol–water partition coefficient (Wildman–Crippen LogP) is 2.96. The average Bonchev–Trinajstić information content (AvgIpc) is 3.30. The van der Waals surface area contributed by atoms with Gasteiger partial charge in [0.2, 0.25) is 11.8 Å². The lowest BCUT2D eigenvalue weighted by Crippen LogP contribution is -2.54. The lowest BCUT2D eigenvalue weighted by molar-refractivity contribution is -0.129. The van der Waals surface area contributed by atoms with E-state index in [1.54, 1.807) is 44.8 Å². The number of halogens is 1. The molecule has 38 heavy (non-hydrogen) atoms. The molecule has 0 spiro atoms. The van der Waals surface area contributed by atoms with Crippen LogP contribution < -0.4 is 16.4 Å². The molecular weight excluding hydrogens is 487 g/mol. The molecule has 0 unspecified atom stereocenters. The number of carbonyl (C=O) groups excluding carboxylic acids is 3. The zero-order valence-corrected chi connectivity index (χ0v) is 22.2. The van der Waals surface area contributed by atoms with Gasteiger partial charge in [0.25, 0.3) is 5.91 Å². The number of aromatic nitrogens is 2. The van der Waals surface area contributed by atoms with E-state index in [0.29, 0.717) is 18.4 Å². The number of amides is 3. The average molecular weight is 523 g/mol. The van der Waals surface area contributed by atoms with E-state index < -0.39 is 29.2 Å². The summed E-state index contributed by atoms with van der Waals surface area (Å²) >= 11 is 0. The minimum atomic E-state index is -1.14. The van der Waals surface area contributed by atoms with Crippen LogP contribution in [-0.4, -0.2) is 57.8 Å². The Morgan fingerprint density at radius 2 is 1.84 bits per heavy atom. The number of aryl methyl sites for hydroxylation is 1. The summed E-state index contributed by atoms with van der Waals surface area (Å²) in [6.07, 6.45) is 4.96. The van der Waals surface area contributed by atoms with Crippen molar-refractivity contribution in [2.24, 2.45) is 5.73 Å². The highest BCUT2D eigenvalue weighted by Gasteiger charge is 2.28. The number of nitrogens with two attached hydrogens (primary N) is 1. The lowest BCUT2D eigenvalue weighted by Gasteiger charge is -2.23. The summed E-state index contributed by atoms with van der Waals surface area (Å²) in [5.41, 5.74) is 6.79. The molecule has 3 amide bonds. The molecule has 4 N–H and O–H groups in total. The summed E-state index contributed by atoms with van der Waals surface area (Å²) in [5, 5.41) is 5.51. The molecule has 0 saturated heterocycles. The molecule has 0 aliphatic carbocycles. The highest BCUT2D eigenvalue weighted by atomic mass is 19.1. The van der Waals surface area contributed by atoms with Crippen LogP contribution in [0.25, 0.3) is 0 Å². The fourth-order valence-electron chi connectivity index (χ4n) is 3.82. The van der Waals surface area contributed by atoms with Crippen LogP contribution in [-0.2, 0) is 22.6 Å². The zero-order valence-electron chi connectivity index (χ0n) is 22.2. The molecule has 3 aromatic rings. The van der Waals surface area contributed by atoms with Gasteiger partial charge in [-0.25, -0.2) is 9.37 Å². The van der Waals surface area contributed by atoms with Crippen LogP contribution in [0.3, 0.4) is 0 Å². The van der Waals surface area contributed by atoms with Crippen molar-refractivity contribution in [1.29, 1.82) is 0 Å². The van der Waals surface area contributed by atoms with Crippen molar-refractivity contribution in [3.8, 4) is 0 Å². The van der Waals surface area contributed by atoms with Crippen LogP contribution in [0.2, 0.25) is 0 Å². The largest absolute Gasteiger partial charge is 0.345 e. The molecule has 10 heteroatoms. The Hall–Kier alpha value is -4.05. The first-order valence-corrected chi connectivity index (χ1v) is 12.4. The monoisotopic (exact) mass is 522 g/mol. The Balaban J connectivity index is 1.70. The number of nitrogens with zero attached hydrogens (tertiary/aromatic N) is 3. The van der Waals surface area contributed by atoms with Gasteiger partial charge in [-0.1, -0.05) is 36.4 Å². The predicted molar refractivity (Wildman–Crippen MR) is 144 cm³/mol. The van der Waals surface area contributed by atoms with Crippen molar-refractivity contribution in [3.05, 3.63) is 83.6 Å². The van der Waals surface area contributed by atoms with E-state index >= 15 is 0 Å². The quantitative estimate of drug-likeness (QED) is 0.357. The number of rotatable bonds is 11. The molecule has 0 aliphatic heterocycles. The summed E-state index contributed by atoms with van der Waals surface area (Å²) in [6, 6.07) is 13.1. The molecule has 1 aromatic heterocycles. The van der Waals surface area contributed by atoms with Crippen molar-refractivity contribution in [1.82, 2.24) is 19.8 Å². The Morgan fingerprint density at radius 1 is 1.13 bits per heavy atom. The van der Waals surface area contributed by atoms with Gasteiger partial charge in [0, 0.05) is 32.4 Å². The van der Waals surface area contributed by atoms with E-state index in [1.807, 2.05) is 30.3 Å². The maximum Gasteiger partial charge on any atom is 0.253 e. The maximum atomic E-state index is 13.8. The van der Waals surface area contributed by atoms with Crippen molar-refractivity contribution < 1.29 is 18.8 Å². The van der Waals surface area contributed by atoms with E-state index in [0.717, 1.165) is 12.0 Å². The van der Waals surface area contributed by atoms with Crippen LogP contribution >= 0.6 is 0 Å². The molecule has 0 saturated carbocycles. The number of hydrogen-bond acceptors (Lipinski definition) is 5. The molecule has 0 bridgehead atoms. The third-order valence-electron chi connectivity index (χ3n) is 5.95. The number of hydrogen-bond donors (Lipinski definition) is 3. The van der Waals surface area contributed by atoms with E-state index in [-0.39, 0.29) is 23.8 Å². The molecule has 2 aromatic carbocycles. The molecule has 202 valence electrons. The van der Waals surface area contributed by atoms with E-state index in [2.05, 4.69) is 15.6 Å². The second-order valence-corrected chi connectivity index (χ2v) is 10.0. The van der Waals surface area contributed by atoms with Crippen molar-refractivity contribution in [2.75, 3.05) is 19.4 Å². The highest BCUT2D eigenvalue weighted by Crippen LogP contribution is 2.16. The smallest absolute Gasteiger partial charge is 0.253 e. The Bertz CT molecular complexity index is 1270. The van der Waals surface area contributed by atoms with Crippen molar-refractivity contribution in [3.63, 3.8) is 0 Å². The van der Waals surface area contributed by atoms with Crippen LogP contribution in [0, 0.1) is 5.82 Å². The third kappa shape index (κ3) is 7.97. The van der Waals surface area contributed by atoms with Gasteiger partial charge >= 0.3 is 0 Å². The molecular formula is C28H35FN6O3. The fraction of sp³-hybridized carbons (Fsp3) is 0.357. The van der Waals surface area contributed by atoms with Gasteiger partial charge in [-0.05, 0) is 56.4 Å². The van der Waals surface area contributed by atoms with E-state index in [9.17, 15) is 18.8 Å². The maximum absolute atomic E-state index is 13.8. The van der Waals surface area contributed by atoms with Gasteiger partial charge < -0.3 is 25.8 Å². The number of nitrogens with one attached hydrogen (secondary N) is 2. The van der Waals surface area contributed by atoms with Crippen molar-refractivity contribution in [2.45, 2.75) is 51.2 Å². The number of anilines is 1. The van der Waals surface area contributed by atoms with Gasteiger partial charge in [-0.3, -0.25) is 14.4 Å². The molecule has 0 radical (unpaired) electrons. The molecule has 9 nitrogen and oxygen atoms in total. The standard InChI is InChI=1S/C28H35FN6O3/c1-28(2,30)27(38)32-23(12-8-11-19-9-6-5-7-10-19)25(36)33-24-17-35(18-31-24)16-20-13-14-21(29)15-22(20)26(37)34(3)4/h5-7,9-10,13-15,17-18,23H,8,11-12,16,30H2,1-4H3,(H,32,38)(H,33,36)/t23-/m1/s1. The molecule has 0 aliphatic rings. The van der Waals surface area contributed by atoms with Crippen LogP contribution in [0.15, 0.2) is 61.1 Å². The number of imidazole rings is 1. The third-order valence-corrected chi connectivity index (χ3v) is 5.95. The lowest BCUT2D eigenvalue weighted by atomic mass is 10.0. The highest BCUT2D eigenvalue weighted by molar-refractivity contribution is 5.98. The second kappa shape index (κ2) is 12.5. The molecule has 3 rings (SSSR count). The summed E-state index contributed by atoms with van der Waals surface area (Å²) in [6.45, 7) is 3.40. The summed E-state index contributed by atoms with van der Waals surface area (Å²) < 4.78 is 15.5. The van der Waals surface area contributed by atoms with E-state index in [1.165, 1.54) is 23.4 Å². The molecule has 0 fully saturated rings. The Labute approximate surface area is 222 Å². The van der Waals surface area contributed by atoms with Crippen LogP contribution in [0.4, 0.5) is 10.2 Å². The SMILES string of the molecule is CN(C)C(=O)c1cc(F)ccc1Cn1cnc(NC(=O)[C@@H](CCCc2ccccc2)NC(=O)C(C)(C)N)c1. The van der Waals surface area contributed by atoms with Gasteiger partial charge in [-0.15, -0.1) is 0 Å². The van der Waals surface area contributed by atoms with Crippen molar-refractivity contribution >= 4 is 23.5 Å². The first-order valence-electron chi connectivity index (χ1n) is 12.4. The minimum Gasteiger partial charge on any atom is -0.345 e. The van der Waals surface area contributed by atoms with E-state index in [4.69, 9.17) is 5.73 Å². The topological polar surface area (TPSA) is 122 Å². The van der Waals surface area contributed by atoms with Gasteiger partial charge in [-0.2, -0.15) is 0 Å². The number of carbonyl (C=O) groups is 3. The zero-order chi connectivity index (χ0) is 27.9. The van der Waals surface area contributed by atoms with Crippen LogP contribution in [0.1, 0.15) is 48.2 Å². The first-order chi connectivity index (χ1) is 17.9. The second-order valence-electron chi connectivity index (χ2n) is 10.0. The van der Waals surface area contributed by atoms with Gasteiger partial charge in [0.05, 0.1) is 11.9 Å². The first kappa shape index (κ1) is 28.5. The van der Waals surface area contributed by atoms with Gasteiger partial charge in [0.15, 0.2) is 5.82 Å². The summed E-state index contributed by atoms with van der Waals surface area (Å²) in [4.78, 5) is 43.8. The van der Waals surface area contributed by atoms with Crippen LogP contribution in [0.5, 0.6) is 0 Å². The normalized spacial score (nSPS) is 12.1. The fourth-order valence-corrected chi connectivity index (χ4v) is 3.82. The summed E-state index contributed by atoms with van der Waals surface area (Å²) in [7, 11) is 3.20. The minimum absolute atomic E-state index is 0.247. The Morgan fingerprint density at radius 3 is 2.50 bits per heavy atom. The molecule has 1 atom stereocenters. The molecule has 1 heterocycles. The van der Waals surface area contributed by atoms with Gasteiger partial charge in [0.1, 0.15) is 11.9 Å². The Kier molecular flexibility index (Phi) is 9.35.